The van der Waals surface area contributed by atoms with E-state index >= 15 is 0 Å². The number of aliphatic hydroxyl groups is 1. The summed E-state index contributed by atoms with van der Waals surface area (Å²) in [6.45, 7) is -0.460. The molecule has 0 saturated heterocycles. The number of benzene rings is 1. The zero-order valence-electron chi connectivity index (χ0n) is 7.68. The molecule has 0 atom stereocenters. The molecule has 86 valence electrons. The third-order valence-corrected chi connectivity index (χ3v) is 3.03. The Morgan fingerprint density at radius 1 is 1.31 bits per heavy atom. The molecule has 0 unspecified atom stereocenters. The summed E-state index contributed by atoms with van der Waals surface area (Å²) in [5.74, 6) is -0.991. The summed E-state index contributed by atoms with van der Waals surface area (Å²) in [6, 6.07) is 1.35. The first-order valence-electron chi connectivity index (χ1n) is 4.19. The highest BCUT2D eigenvalue weighted by atomic mass is 32.1. The lowest BCUT2D eigenvalue weighted by atomic mass is 10.2. The second-order valence-electron chi connectivity index (χ2n) is 3.07. The summed E-state index contributed by atoms with van der Waals surface area (Å²) in [7, 11) is 0. The predicted octanol–water partition coefficient (Wildman–Crippen LogP) is 2.95. The van der Waals surface area contributed by atoms with Crippen molar-refractivity contribution >= 4 is 21.6 Å². The molecule has 2 aromatic rings. The molecule has 1 heterocycles. The van der Waals surface area contributed by atoms with Crippen molar-refractivity contribution in [3.8, 4) is 0 Å². The Hall–Kier alpha value is -1.21. The van der Waals surface area contributed by atoms with Crippen LogP contribution in [0.4, 0.5) is 17.6 Å². The molecule has 0 fully saturated rings. The van der Waals surface area contributed by atoms with Crippen LogP contribution < -0.4 is 0 Å². The third kappa shape index (κ3) is 1.88. The van der Waals surface area contributed by atoms with Crippen molar-refractivity contribution < 1.29 is 22.7 Å². The summed E-state index contributed by atoms with van der Waals surface area (Å²) < 4.78 is 50.5. The molecule has 1 N–H and O–H groups in total. The highest BCUT2D eigenvalue weighted by Gasteiger charge is 2.34. The topological polar surface area (TPSA) is 33.1 Å². The van der Waals surface area contributed by atoms with Gasteiger partial charge in [-0.15, -0.1) is 11.3 Å². The number of hydrogen-bond acceptors (Lipinski definition) is 3. The number of halogens is 4. The van der Waals surface area contributed by atoms with E-state index in [0.717, 1.165) is 6.07 Å². The highest BCUT2D eigenvalue weighted by Crippen LogP contribution is 2.38. The SMILES string of the molecule is OCc1nc2cc(F)cc(C(F)(F)F)c2s1. The number of rotatable bonds is 1. The van der Waals surface area contributed by atoms with Gasteiger partial charge >= 0.3 is 6.18 Å². The Morgan fingerprint density at radius 2 is 2.00 bits per heavy atom. The fourth-order valence-electron chi connectivity index (χ4n) is 1.32. The Kier molecular flexibility index (Phi) is 2.59. The van der Waals surface area contributed by atoms with Gasteiger partial charge in [-0.3, -0.25) is 0 Å². The molecule has 0 amide bonds. The van der Waals surface area contributed by atoms with Crippen molar-refractivity contribution in [2.75, 3.05) is 0 Å². The number of hydrogen-bond donors (Lipinski definition) is 1. The van der Waals surface area contributed by atoms with E-state index in [0.29, 0.717) is 17.4 Å². The van der Waals surface area contributed by atoms with Crippen LogP contribution in [0, 0.1) is 5.82 Å². The molecule has 16 heavy (non-hydrogen) atoms. The van der Waals surface area contributed by atoms with Crippen LogP contribution in [0.5, 0.6) is 0 Å². The fourth-order valence-corrected chi connectivity index (χ4v) is 2.26. The summed E-state index contributed by atoms with van der Waals surface area (Å²) in [5.41, 5.74) is -1.14. The Morgan fingerprint density at radius 3 is 2.56 bits per heavy atom. The molecule has 2 nitrogen and oxygen atoms in total. The molecule has 0 radical (unpaired) electrons. The maximum Gasteiger partial charge on any atom is 0.417 e. The zero-order chi connectivity index (χ0) is 11.9. The summed E-state index contributed by atoms with van der Waals surface area (Å²) in [6.07, 6.45) is -4.63. The van der Waals surface area contributed by atoms with E-state index in [1.807, 2.05) is 0 Å². The second kappa shape index (κ2) is 3.67. The first kappa shape index (κ1) is 11.3. The summed E-state index contributed by atoms with van der Waals surface area (Å²) in [4.78, 5) is 3.69. The second-order valence-corrected chi connectivity index (χ2v) is 4.15. The molecule has 1 aromatic heterocycles. The van der Waals surface area contributed by atoms with Crippen LogP contribution >= 0.6 is 11.3 Å². The van der Waals surface area contributed by atoms with Gasteiger partial charge < -0.3 is 5.11 Å². The molecule has 2 rings (SSSR count). The van der Waals surface area contributed by atoms with E-state index in [1.54, 1.807) is 0 Å². The van der Waals surface area contributed by atoms with Crippen molar-refractivity contribution in [1.29, 1.82) is 0 Å². The van der Waals surface area contributed by atoms with Crippen molar-refractivity contribution in [2.45, 2.75) is 12.8 Å². The van der Waals surface area contributed by atoms with Gasteiger partial charge in [-0.25, -0.2) is 9.37 Å². The molecular weight excluding hydrogens is 246 g/mol. The molecule has 0 aliphatic carbocycles. The van der Waals surface area contributed by atoms with Gasteiger partial charge in [-0.1, -0.05) is 0 Å². The van der Waals surface area contributed by atoms with E-state index in [-0.39, 0.29) is 15.2 Å². The minimum Gasteiger partial charge on any atom is -0.389 e. The Labute approximate surface area is 91.2 Å². The molecule has 0 bridgehead atoms. The van der Waals surface area contributed by atoms with E-state index < -0.39 is 24.2 Å². The lowest BCUT2D eigenvalue weighted by Crippen LogP contribution is -2.05. The number of fused-ring (bicyclic) bond motifs is 1. The van der Waals surface area contributed by atoms with Gasteiger partial charge in [0.1, 0.15) is 10.8 Å². The minimum absolute atomic E-state index is 0.0821. The summed E-state index contributed by atoms with van der Waals surface area (Å²) >= 11 is 0.712. The monoisotopic (exact) mass is 251 g/mol. The van der Waals surface area contributed by atoms with Crippen LogP contribution in [0.15, 0.2) is 12.1 Å². The van der Waals surface area contributed by atoms with Crippen LogP contribution in [0.2, 0.25) is 0 Å². The molecule has 0 aliphatic rings. The number of thiazole rings is 1. The van der Waals surface area contributed by atoms with Crippen molar-refractivity contribution in [3.63, 3.8) is 0 Å². The first-order valence-corrected chi connectivity index (χ1v) is 5.00. The van der Waals surface area contributed by atoms with Crippen molar-refractivity contribution in [2.24, 2.45) is 0 Å². The summed E-state index contributed by atoms with van der Waals surface area (Å²) in [5, 5.41) is 8.91. The van der Waals surface area contributed by atoms with Gasteiger partial charge in [-0.2, -0.15) is 13.2 Å². The van der Waals surface area contributed by atoms with Crippen LogP contribution in [-0.4, -0.2) is 10.1 Å². The van der Waals surface area contributed by atoms with Crippen LogP contribution in [-0.2, 0) is 12.8 Å². The van der Waals surface area contributed by atoms with Crippen molar-refractivity contribution in [3.05, 3.63) is 28.5 Å². The normalized spacial score (nSPS) is 12.3. The first-order chi connectivity index (χ1) is 7.41. The minimum atomic E-state index is -4.63. The average molecular weight is 251 g/mol. The van der Waals surface area contributed by atoms with E-state index in [1.165, 1.54) is 0 Å². The smallest absolute Gasteiger partial charge is 0.389 e. The van der Waals surface area contributed by atoms with E-state index in [9.17, 15) is 17.6 Å². The lowest BCUT2D eigenvalue weighted by molar-refractivity contribution is -0.136. The maximum atomic E-state index is 12.9. The highest BCUT2D eigenvalue weighted by molar-refractivity contribution is 7.18. The standard InChI is InChI=1S/C9H5F4NOS/c10-4-1-5(9(11,12)13)8-6(2-4)14-7(3-15)16-8/h1-2,15H,3H2. The maximum absolute atomic E-state index is 12.9. The lowest BCUT2D eigenvalue weighted by Gasteiger charge is -2.06. The quantitative estimate of drug-likeness (QED) is 0.790. The number of alkyl halides is 3. The van der Waals surface area contributed by atoms with Crippen molar-refractivity contribution in [1.82, 2.24) is 4.98 Å². The van der Waals surface area contributed by atoms with E-state index in [2.05, 4.69) is 4.98 Å². The van der Waals surface area contributed by atoms with Crippen LogP contribution in [0.1, 0.15) is 10.6 Å². The molecular formula is C9H5F4NOS. The molecule has 7 heteroatoms. The van der Waals surface area contributed by atoms with Crippen LogP contribution in [0.25, 0.3) is 10.2 Å². The fraction of sp³-hybridized carbons (Fsp3) is 0.222. The molecule has 0 spiro atoms. The Bertz CT molecular complexity index is 534. The van der Waals surface area contributed by atoms with Gasteiger partial charge in [0.2, 0.25) is 0 Å². The largest absolute Gasteiger partial charge is 0.417 e. The molecule has 1 aromatic carbocycles. The van der Waals surface area contributed by atoms with Gasteiger partial charge in [0.15, 0.2) is 0 Å². The number of nitrogens with zero attached hydrogens (tertiary/aromatic N) is 1. The van der Waals surface area contributed by atoms with Gasteiger partial charge in [0.25, 0.3) is 0 Å². The van der Waals surface area contributed by atoms with E-state index in [4.69, 9.17) is 5.11 Å². The zero-order valence-corrected chi connectivity index (χ0v) is 8.49. The van der Waals surface area contributed by atoms with Gasteiger partial charge in [-0.05, 0) is 6.07 Å². The average Bonchev–Trinajstić information content (AvgIpc) is 2.57. The molecule has 0 saturated carbocycles. The van der Waals surface area contributed by atoms with Crippen LogP contribution in [0.3, 0.4) is 0 Å². The predicted molar refractivity (Wildman–Crippen MR) is 50.5 cm³/mol. The van der Waals surface area contributed by atoms with Gasteiger partial charge in [0, 0.05) is 6.07 Å². The van der Waals surface area contributed by atoms with Gasteiger partial charge in [0.05, 0.1) is 22.4 Å². The Balaban J connectivity index is 2.76. The molecule has 0 aliphatic heterocycles. The third-order valence-electron chi connectivity index (χ3n) is 1.94. The number of aliphatic hydroxyl groups excluding tert-OH is 1. The number of aromatic nitrogens is 1.